The molecule has 1 unspecified atom stereocenters. The molecule has 1 atom stereocenters. The third-order valence-corrected chi connectivity index (χ3v) is 11.7. The van der Waals surface area contributed by atoms with E-state index in [4.69, 9.17) is 0 Å². The van der Waals surface area contributed by atoms with Crippen molar-refractivity contribution in [3.05, 3.63) is 0 Å². The normalized spacial score (nSPS) is 16.1. The van der Waals surface area contributed by atoms with E-state index in [1.807, 2.05) is 0 Å². The SMILES string of the molecule is CC([Si](C)N(C)C)[Si](C)(C)C. The molecular weight excluding hydrogens is 166 g/mol. The van der Waals surface area contributed by atoms with Crippen LogP contribution in [0.3, 0.4) is 0 Å². The third kappa shape index (κ3) is 3.53. The highest BCUT2D eigenvalue weighted by Crippen LogP contribution is 2.24. The highest BCUT2D eigenvalue weighted by molar-refractivity contribution is 6.88. The van der Waals surface area contributed by atoms with Crippen molar-refractivity contribution in [1.29, 1.82) is 0 Å². The first-order valence-corrected chi connectivity index (χ1v) is 9.87. The van der Waals surface area contributed by atoms with E-state index in [1.54, 1.807) is 0 Å². The summed E-state index contributed by atoms with van der Waals surface area (Å²) in [4.78, 5) is 0. The molecule has 0 rings (SSSR count). The van der Waals surface area contributed by atoms with E-state index in [-0.39, 0.29) is 8.96 Å². The number of rotatable bonds is 3. The van der Waals surface area contributed by atoms with Gasteiger partial charge in [0.2, 0.25) is 0 Å². The van der Waals surface area contributed by atoms with Gasteiger partial charge >= 0.3 is 0 Å². The van der Waals surface area contributed by atoms with Gasteiger partial charge < -0.3 is 4.57 Å². The lowest BCUT2D eigenvalue weighted by atomic mass is 10.9. The fraction of sp³-hybridized carbons (Fsp3) is 1.00. The van der Waals surface area contributed by atoms with Gasteiger partial charge in [-0.1, -0.05) is 33.1 Å². The molecule has 1 nitrogen and oxygen atoms in total. The highest BCUT2D eigenvalue weighted by Gasteiger charge is 2.29. The van der Waals surface area contributed by atoms with Crippen LogP contribution in [-0.4, -0.2) is 35.7 Å². The first-order valence-electron chi connectivity index (χ1n) is 4.27. The Bertz CT molecular complexity index is 118. The topological polar surface area (TPSA) is 3.24 Å². The molecule has 0 heterocycles. The van der Waals surface area contributed by atoms with Crippen LogP contribution in [0.5, 0.6) is 0 Å². The molecule has 0 aliphatic rings. The van der Waals surface area contributed by atoms with Gasteiger partial charge in [0, 0.05) is 8.07 Å². The van der Waals surface area contributed by atoms with Crippen LogP contribution in [0.25, 0.3) is 0 Å². The molecule has 0 saturated heterocycles. The van der Waals surface area contributed by atoms with E-state index in [9.17, 15) is 0 Å². The van der Waals surface area contributed by atoms with E-state index < -0.39 is 8.07 Å². The minimum absolute atomic E-state index is 0.247. The van der Waals surface area contributed by atoms with Crippen molar-refractivity contribution in [2.24, 2.45) is 0 Å². The maximum atomic E-state index is 2.47. The maximum absolute atomic E-state index is 2.47. The molecule has 0 aromatic heterocycles. The highest BCUT2D eigenvalue weighted by atomic mass is 28.4. The zero-order valence-electron chi connectivity index (χ0n) is 9.02. The molecule has 11 heavy (non-hydrogen) atoms. The van der Waals surface area contributed by atoms with Crippen molar-refractivity contribution in [3.8, 4) is 0 Å². The monoisotopic (exact) mass is 188 g/mol. The summed E-state index contributed by atoms with van der Waals surface area (Å²) in [5.74, 6) is 0. The standard InChI is InChI=1S/C8H22NSi2/c1-8(11(5,6)7)10(4)9(2)3/h8H,1-7H3. The zero-order valence-corrected chi connectivity index (χ0v) is 11.0. The summed E-state index contributed by atoms with van der Waals surface area (Å²) in [6.07, 6.45) is 0. The molecule has 0 amide bonds. The average molecular weight is 188 g/mol. The first kappa shape index (κ1) is 11.4. The molecule has 0 aliphatic heterocycles. The minimum atomic E-state index is -0.883. The Balaban J connectivity index is 4.13. The third-order valence-electron chi connectivity index (χ3n) is 2.63. The zero-order chi connectivity index (χ0) is 9.23. The molecule has 1 radical (unpaired) electrons. The Hall–Kier alpha value is 0.394. The summed E-state index contributed by atoms with van der Waals surface area (Å²) in [5.41, 5.74) is 0. The first-order chi connectivity index (χ1) is 4.76. The van der Waals surface area contributed by atoms with Gasteiger partial charge in [0.15, 0.2) is 0 Å². The van der Waals surface area contributed by atoms with Crippen molar-refractivity contribution < 1.29 is 0 Å². The summed E-state index contributed by atoms with van der Waals surface area (Å²) in [5, 5.41) is 0.975. The molecule has 0 aliphatic carbocycles. The molecule has 0 spiro atoms. The quantitative estimate of drug-likeness (QED) is 0.615. The molecule has 3 heteroatoms. The van der Waals surface area contributed by atoms with Gasteiger partial charge in [0.1, 0.15) is 8.96 Å². The molecule has 0 aromatic rings. The van der Waals surface area contributed by atoms with Crippen molar-refractivity contribution >= 4 is 17.0 Å². The lowest BCUT2D eigenvalue weighted by Gasteiger charge is -2.32. The van der Waals surface area contributed by atoms with E-state index in [0.29, 0.717) is 0 Å². The molecule has 0 fully saturated rings. The predicted octanol–water partition coefficient (Wildman–Crippen LogP) is 2.44. The van der Waals surface area contributed by atoms with Gasteiger partial charge in [0.05, 0.1) is 0 Å². The number of hydrogen-bond acceptors (Lipinski definition) is 1. The van der Waals surface area contributed by atoms with Gasteiger partial charge in [-0.3, -0.25) is 0 Å². The predicted molar refractivity (Wildman–Crippen MR) is 58.1 cm³/mol. The van der Waals surface area contributed by atoms with Crippen molar-refractivity contribution in [2.75, 3.05) is 14.1 Å². The van der Waals surface area contributed by atoms with E-state index in [1.165, 1.54) is 0 Å². The van der Waals surface area contributed by atoms with E-state index >= 15 is 0 Å². The Morgan fingerprint density at radius 1 is 1.18 bits per heavy atom. The van der Waals surface area contributed by atoms with Gasteiger partial charge in [-0.2, -0.15) is 0 Å². The Morgan fingerprint density at radius 2 is 1.55 bits per heavy atom. The summed E-state index contributed by atoms with van der Waals surface area (Å²) in [7, 11) is 3.30. The smallest absolute Gasteiger partial charge is 0.132 e. The van der Waals surface area contributed by atoms with E-state index in [0.717, 1.165) is 5.16 Å². The maximum Gasteiger partial charge on any atom is 0.132 e. The molecule has 0 aromatic carbocycles. The van der Waals surface area contributed by atoms with Gasteiger partial charge in [0.25, 0.3) is 0 Å². The average Bonchev–Trinajstić information content (AvgIpc) is 1.82. The van der Waals surface area contributed by atoms with Gasteiger partial charge in [-0.15, -0.1) is 0 Å². The molecule has 0 N–H and O–H groups in total. The summed E-state index contributed by atoms with van der Waals surface area (Å²) in [6.45, 7) is 12.3. The Labute approximate surface area is 74.5 Å². The molecular formula is C8H22NSi2. The Kier molecular flexibility index (Phi) is 4.01. The second kappa shape index (κ2) is 3.87. The lowest BCUT2D eigenvalue weighted by Crippen LogP contribution is -2.43. The second-order valence-corrected chi connectivity index (χ2v) is 13.8. The van der Waals surface area contributed by atoms with Gasteiger partial charge in [-0.25, -0.2) is 0 Å². The summed E-state index contributed by atoms with van der Waals surface area (Å²) in [6, 6.07) is 0. The van der Waals surface area contributed by atoms with E-state index in [2.05, 4.69) is 51.8 Å². The van der Waals surface area contributed by atoms with Crippen LogP contribution in [0.2, 0.25) is 31.4 Å². The molecule has 0 saturated carbocycles. The minimum Gasteiger partial charge on any atom is -0.330 e. The van der Waals surface area contributed by atoms with Gasteiger partial charge in [-0.05, 0) is 19.3 Å². The fourth-order valence-electron chi connectivity index (χ4n) is 1.01. The van der Waals surface area contributed by atoms with Crippen molar-refractivity contribution in [1.82, 2.24) is 4.57 Å². The van der Waals surface area contributed by atoms with Crippen LogP contribution in [0, 0.1) is 0 Å². The number of hydrogen-bond donors (Lipinski definition) is 0. The van der Waals surface area contributed by atoms with Crippen LogP contribution in [-0.2, 0) is 0 Å². The molecule has 0 bridgehead atoms. The molecule has 67 valence electrons. The lowest BCUT2D eigenvalue weighted by molar-refractivity contribution is 0.635. The van der Waals surface area contributed by atoms with Crippen LogP contribution in [0.4, 0.5) is 0 Å². The summed E-state index contributed by atoms with van der Waals surface area (Å²) < 4.78 is 2.42. The second-order valence-electron chi connectivity index (χ2n) is 4.62. The Morgan fingerprint density at radius 3 is 1.64 bits per heavy atom. The van der Waals surface area contributed by atoms with Crippen molar-refractivity contribution in [3.63, 3.8) is 0 Å². The number of nitrogens with zero attached hydrogens (tertiary/aromatic N) is 1. The fourth-order valence-corrected chi connectivity index (χ4v) is 7.58. The van der Waals surface area contributed by atoms with Crippen LogP contribution >= 0.6 is 0 Å². The summed E-state index contributed by atoms with van der Waals surface area (Å²) >= 11 is 0. The van der Waals surface area contributed by atoms with Crippen LogP contribution < -0.4 is 0 Å². The van der Waals surface area contributed by atoms with Crippen LogP contribution in [0.15, 0.2) is 0 Å². The largest absolute Gasteiger partial charge is 0.330 e. The van der Waals surface area contributed by atoms with Crippen molar-refractivity contribution in [2.45, 2.75) is 38.3 Å². The van der Waals surface area contributed by atoms with Crippen LogP contribution in [0.1, 0.15) is 6.92 Å².